The molecule has 0 spiro atoms. The van der Waals surface area contributed by atoms with Crippen molar-refractivity contribution in [3.8, 4) is 5.75 Å². The summed E-state index contributed by atoms with van der Waals surface area (Å²) in [5, 5.41) is 14.8. The standard InChI is InChI=1S/C29H30N2O8/c1-5-38-28(33)23-16(3)30-21-15-20(19-12-7-8-13-22(19)37-4)25(29(34)39-6-2)27(32)26(21)24(23)17-10-9-11-18(14-17)31(35)36/h7-14,20,24-25,30H,5-6,15H2,1-4H3/t20-,24-,25+/m1/s1. The average molecular weight is 535 g/mol. The first kappa shape index (κ1) is 27.6. The van der Waals surface area contributed by atoms with Gasteiger partial charge in [0.15, 0.2) is 5.78 Å². The molecule has 0 saturated carbocycles. The number of esters is 2. The molecule has 0 radical (unpaired) electrons. The van der Waals surface area contributed by atoms with Gasteiger partial charge >= 0.3 is 11.9 Å². The van der Waals surface area contributed by atoms with Crippen LogP contribution in [-0.2, 0) is 23.9 Å². The van der Waals surface area contributed by atoms with E-state index >= 15 is 0 Å². The van der Waals surface area contributed by atoms with E-state index in [9.17, 15) is 24.5 Å². The summed E-state index contributed by atoms with van der Waals surface area (Å²) in [5.74, 6) is -4.15. The lowest BCUT2D eigenvalue weighted by molar-refractivity contribution is -0.384. The SMILES string of the molecule is CCOC(=O)C1=C(C)NC2=C(C(=O)[C@@H](C(=O)OCC)[C@@H](c3ccccc3OC)C2)[C@@H]1c1cccc([N+](=O)[O-])c1. The molecule has 0 unspecified atom stereocenters. The molecule has 0 fully saturated rings. The fourth-order valence-electron chi connectivity index (χ4n) is 5.43. The van der Waals surface area contributed by atoms with Gasteiger partial charge in [0.2, 0.25) is 0 Å². The quantitative estimate of drug-likeness (QED) is 0.227. The molecule has 10 nitrogen and oxygen atoms in total. The summed E-state index contributed by atoms with van der Waals surface area (Å²) in [6.45, 7) is 5.19. The number of benzene rings is 2. The predicted molar refractivity (Wildman–Crippen MR) is 141 cm³/mol. The smallest absolute Gasteiger partial charge is 0.336 e. The normalized spacial score (nSPS) is 20.6. The summed E-state index contributed by atoms with van der Waals surface area (Å²) >= 11 is 0. The van der Waals surface area contributed by atoms with Crippen molar-refractivity contribution >= 4 is 23.4 Å². The van der Waals surface area contributed by atoms with Crippen molar-refractivity contribution in [2.24, 2.45) is 5.92 Å². The van der Waals surface area contributed by atoms with Gasteiger partial charge in [0, 0.05) is 40.9 Å². The molecule has 1 N–H and O–H groups in total. The molecule has 1 aliphatic carbocycles. The van der Waals surface area contributed by atoms with Crippen LogP contribution in [0.15, 0.2) is 71.1 Å². The first-order valence-corrected chi connectivity index (χ1v) is 12.7. The Labute approximate surface area is 225 Å². The highest BCUT2D eigenvalue weighted by atomic mass is 16.6. The van der Waals surface area contributed by atoms with Crippen LogP contribution in [0.3, 0.4) is 0 Å². The number of methoxy groups -OCH3 is 1. The van der Waals surface area contributed by atoms with Crippen molar-refractivity contribution in [1.29, 1.82) is 0 Å². The number of non-ortho nitro benzene ring substituents is 1. The maximum Gasteiger partial charge on any atom is 0.336 e. The second-order valence-electron chi connectivity index (χ2n) is 9.21. The fourth-order valence-corrected chi connectivity index (χ4v) is 5.43. The number of rotatable bonds is 8. The molecule has 1 aliphatic heterocycles. The van der Waals surface area contributed by atoms with Gasteiger partial charge in [0.1, 0.15) is 11.7 Å². The minimum absolute atomic E-state index is 0.0762. The molecule has 0 saturated heterocycles. The Morgan fingerprint density at radius 3 is 2.46 bits per heavy atom. The molecule has 39 heavy (non-hydrogen) atoms. The van der Waals surface area contributed by atoms with Gasteiger partial charge in [0.25, 0.3) is 5.69 Å². The largest absolute Gasteiger partial charge is 0.496 e. The van der Waals surface area contributed by atoms with Gasteiger partial charge in [-0.15, -0.1) is 0 Å². The zero-order valence-electron chi connectivity index (χ0n) is 22.2. The van der Waals surface area contributed by atoms with Gasteiger partial charge in [-0.3, -0.25) is 19.7 Å². The van der Waals surface area contributed by atoms with Crippen molar-refractivity contribution in [1.82, 2.24) is 5.32 Å². The van der Waals surface area contributed by atoms with Gasteiger partial charge in [-0.25, -0.2) is 4.79 Å². The molecular weight excluding hydrogens is 504 g/mol. The van der Waals surface area contributed by atoms with E-state index in [1.807, 2.05) is 6.07 Å². The van der Waals surface area contributed by atoms with Crippen molar-refractivity contribution in [3.05, 3.63) is 92.3 Å². The highest BCUT2D eigenvalue weighted by molar-refractivity contribution is 6.13. The van der Waals surface area contributed by atoms with Gasteiger partial charge in [-0.2, -0.15) is 0 Å². The molecule has 4 rings (SSSR count). The Morgan fingerprint density at radius 1 is 1.08 bits per heavy atom. The topological polar surface area (TPSA) is 134 Å². The number of carbonyl (C=O) groups excluding carboxylic acids is 3. The minimum Gasteiger partial charge on any atom is -0.496 e. The molecule has 0 amide bonds. The summed E-state index contributed by atoms with van der Waals surface area (Å²) in [7, 11) is 1.52. The maximum absolute atomic E-state index is 14.3. The highest BCUT2D eigenvalue weighted by Crippen LogP contribution is 2.49. The highest BCUT2D eigenvalue weighted by Gasteiger charge is 2.49. The number of ketones is 1. The zero-order valence-corrected chi connectivity index (χ0v) is 22.2. The molecule has 1 heterocycles. The Kier molecular flexibility index (Phi) is 8.13. The molecule has 204 valence electrons. The van der Waals surface area contributed by atoms with Crippen LogP contribution < -0.4 is 10.1 Å². The number of para-hydroxylation sites is 1. The summed E-state index contributed by atoms with van der Waals surface area (Å²) in [4.78, 5) is 51.9. The predicted octanol–water partition coefficient (Wildman–Crippen LogP) is 4.32. The molecular formula is C29H30N2O8. The Balaban J connectivity index is 1.94. The van der Waals surface area contributed by atoms with Crippen molar-refractivity contribution < 1.29 is 33.5 Å². The second kappa shape index (κ2) is 11.5. The first-order valence-electron chi connectivity index (χ1n) is 12.7. The fraction of sp³-hybridized carbons (Fsp3) is 0.345. The Morgan fingerprint density at radius 2 is 1.79 bits per heavy atom. The summed E-state index contributed by atoms with van der Waals surface area (Å²) < 4.78 is 16.2. The number of nitro benzene ring substituents is 1. The van der Waals surface area contributed by atoms with Crippen molar-refractivity contribution in [2.45, 2.75) is 39.0 Å². The molecule has 2 aliphatic rings. The number of Topliss-reactive ketones (excluding diaryl/α,β-unsaturated/α-hetero) is 1. The third kappa shape index (κ3) is 5.14. The van der Waals surface area contributed by atoms with E-state index in [1.54, 1.807) is 45.0 Å². The van der Waals surface area contributed by atoms with Gasteiger partial charge in [0.05, 0.1) is 30.8 Å². The van der Waals surface area contributed by atoms with Crippen LogP contribution in [0.4, 0.5) is 5.69 Å². The van der Waals surface area contributed by atoms with Crippen molar-refractivity contribution in [2.75, 3.05) is 20.3 Å². The lowest BCUT2D eigenvalue weighted by atomic mass is 9.67. The molecule has 0 aromatic heterocycles. The van der Waals surface area contributed by atoms with Crippen LogP contribution in [0.5, 0.6) is 5.75 Å². The van der Waals surface area contributed by atoms with Gasteiger partial charge in [-0.1, -0.05) is 30.3 Å². The monoisotopic (exact) mass is 534 g/mol. The summed E-state index contributed by atoms with van der Waals surface area (Å²) in [6, 6.07) is 13.0. The van der Waals surface area contributed by atoms with Crippen LogP contribution in [0.25, 0.3) is 0 Å². The zero-order chi connectivity index (χ0) is 28.3. The van der Waals surface area contributed by atoms with Crippen LogP contribution in [0.2, 0.25) is 0 Å². The maximum atomic E-state index is 14.3. The minimum atomic E-state index is -1.22. The van der Waals surface area contributed by atoms with E-state index in [0.717, 1.165) is 0 Å². The number of dihydropyridines is 1. The molecule has 10 heteroatoms. The van der Waals surface area contributed by atoms with Gasteiger partial charge < -0.3 is 19.5 Å². The third-order valence-corrected chi connectivity index (χ3v) is 7.01. The van der Waals surface area contributed by atoms with E-state index in [4.69, 9.17) is 14.2 Å². The number of nitrogens with zero attached hydrogens (tertiary/aromatic N) is 1. The van der Waals surface area contributed by atoms with Crippen LogP contribution in [0.1, 0.15) is 50.2 Å². The van der Waals surface area contributed by atoms with Crippen LogP contribution in [-0.4, -0.2) is 43.0 Å². The molecule has 3 atom stereocenters. The average Bonchev–Trinajstić information content (AvgIpc) is 2.92. The van der Waals surface area contributed by atoms with E-state index < -0.39 is 40.4 Å². The van der Waals surface area contributed by atoms with E-state index in [0.29, 0.717) is 28.3 Å². The molecule has 0 bridgehead atoms. The lowest BCUT2D eigenvalue weighted by Gasteiger charge is -2.39. The number of allylic oxidation sites excluding steroid dienone is 3. The summed E-state index contributed by atoms with van der Waals surface area (Å²) in [6.07, 6.45) is 0.240. The Hall–Kier alpha value is -4.47. The molecule has 2 aromatic rings. The number of nitrogens with one attached hydrogen (secondary N) is 1. The number of nitro groups is 1. The number of carbonyl (C=O) groups is 3. The lowest BCUT2D eigenvalue weighted by Crippen LogP contribution is -2.43. The van der Waals surface area contributed by atoms with E-state index in [1.165, 1.54) is 25.3 Å². The van der Waals surface area contributed by atoms with Crippen LogP contribution >= 0.6 is 0 Å². The number of hydrogen-bond acceptors (Lipinski definition) is 9. The molecule has 2 aromatic carbocycles. The number of hydrogen-bond donors (Lipinski definition) is 1. The number of ether oxygens (including phenoxy) is 3. The second-order valence-corrected chi connectivity index (χ2v) is 9.21. The Bertz CT molecular complexity index is 1390. The third-order valence-electron chi connectivity index (χ3n) is 7.01. The first-order chi connectivity index (χ1) is 18.7. The summed E-state index contributed by atoms with van der Waals surface area (Å²) in [5.41, 5.74) is 2.18. The van der Waals surface area contributed by atoms with Crippen LogP contribution in [0, 0.1) is 16.0 Å². The van der Waals surface area contributed by atoms with E-state index in [-0.39, 0.29) is 36.5 Å². The van der Waals surface area contributed by atoms with Gasteiger partial charge in [-0.05, 0) is 44.4 Å². The van der Waals surface area contributed by atoms with E-state index in [2.05, 4.69) is 5.32 Å². The van der Waals surface area contributed by atoms with Crippen molar-refractivity contribution in [3.63, 3.8) is 0 Å².